The van der Waals surface area contributed by atoms with Crippen molar-refractivity contribution >= 4 is 27.3 Å². The van der Waals surface area contributed by atoms with E-state index in [4.69, 9.17) is 11.6 Å². The zero-order valence-corrected chi connectivity index (χ0v) is 15.3. The zero-order valence-electron chi connectivity index (χ0n) is 13.7. The van der Waals surface area contributed by atoms with Crippen LogP contribution in [-0.2, 0) is 16.6 Å². The predicted octanol–water partition coefficient (Wildman–Crippen LogP) is 3.27. The molecule has 0 aromatic heterocycles. The number of hydrogen-bond donors (Lipinski definition) is 1. The van der Waals surface area contributed by atoms with Crippen LogP contribution in [0.25, 0.3) is 0 Å². The monoisotopic (exact) mass is 377 g/mol. The normalized spacial score (nSPS) is 15.8. The number of hydrazone groups is 1. The summed E-state index contributed by atoms with van der Waals surface area (Å²) in [6, 6.07) is 16.3. The molecule has 1 aliphatic heterocycles. The molecule has 132 valence electrons. The van der Waals surface area contributed by atoms with Crippen LogP contribution >= 0.6 is 11.6 Å². The average Bonchev–Trinajstić information content (AvgIpc) is 2.62. The number of likely N-dealkylation sites (tertiary alicyclic amines) is 1. The van der Waals surface area contributed by atoms with E-state index >= 15 is 0 Å². The van der Waals surface area contributed by atoms with Crippen molar-refractivity contribution in [2.45, 2.75) is 24.3 Å². The van der Waals surface area contributed by atoms with E-state index in [1.807, 2.05) is 18.2 Å². The largest absolute Gasteiger partial charge is 0.298 e. The number of piperidine rings is 1. The summed E-state index contributed by atoms with van der Waals surface area (Å²) in [5.74, 6) is 0. The molecule has 0 bridgehead atoms. The van der Waals surface area contributed by atoms with Crippen LogP contribution in [0.5, 0.6) is 0 Å². The lowest BCUT2D eigenvalue weighted by molar-refractivity contribution is 0.266. The average molecular weight is 378 g/mol. The molecule has 5 nitrogen and oxygen atoms in total. The van der Waals surface area contributed by atoms with E-state index < -0.39 is 10.0 Å². The van der Waals surface area contributed by atoms with Crippen LogP contribution in [0.3, 0.4) is 0 Å². The van der Waals surface area contributed by atoms with Gasteiger partial charge in [-0.15, -0.1) is 0 Å². The van der Waals surface area contributed by atoms with Gasteiger partial charge in [0.05, 0.1) is 4.90 Å². The predicted molar refractivity (Wildman–Crippen MR) is 100 cm³/mol. The van der Waals surface area contributed by atoms with Crippen molar-refractivity contribution in [2.75, 3.05) is 13.1 Å². The van der Waals surface area contributed by atoms with Gasteiger partial charge >= 0.3 is 0 Å². The smallest absolute Gasteiger partial charge is 0.276 e. The first-order valence-corrected chi connectivity index (χ1v) is 9.98. The van der Waals surface area contributed by atoms with Gasteiger partial charge < -0.3 is 0 Å². The highest BCUT2D eigenvalue weighted by molar-refractivity contribution is 7.89. The Balaban J connectivity index is 1.55. The molecular weight excluding hydrogens is 358 g/mol. The quantitative estimate of drug-likeness (QED) is 0.813. The third kappa shape index (κ3) is 5.04. The summed E-state index contributed by atoms with van der Waals surface area (Å²) in [5, 5.41) is 4.61. The fourth-order valence-electron chi connectivity index (χ4n) is 2.71. The molecule has 7 heteroatoms. The topological polar surface area (TPSA) is 61.8 Å². The van der Waals surface area contributed by atoms with Crippen molar-refractivity contribution in [1.29, 1.82) is 0 Å². The van der Waals surface area contributed by atoms with Gasteiger partial charge in [-0.1, -0.05) is 41.9 Å². The highest BCUT2D eigenvalue weighted by atomic mass is 35.5. The molecule has 0 saturated carbocycles. The number of rotatable bonds is 5. The van der Waals surface area contributed by atoms with Crippen molar-refractivity contribution in [2.24, 2.45) is 5.10 Å². The first kappa shape index (κ1) is 17.9. The van der Waals surface area contributed by atoms with E-state index in [1.165, 1.54) is 17.7 Å². The minimum atomic E-state index is -3.65. The van der Waals surface area contributed by atoms with Crippen molar-refractivity contribution in [3.05, 3.63) is 65.2 Å². The van der Waals surface area contributed by atoms with Gasteiger partial charge in [0, 0.05) is 43.2 Å². The Morgan fingerprint density at radius 1 is 1.00 bits per heavy atom. The summed E-state index contributed by atoms with van der Waals surface area (Å²) in [7, 11) is -3.65. The lowest BCUT2D eigenvalue weighted by atomic mass is 10.1. The standard InChI is InChI=1S/C18H20ClN3O2S/c19-16-6-8-18(9-7-16)25(23,24)21-20-17-10-12-22(13-11-17)14-15-4-2-1-3-5-15/h1-9,21H,10-14H2. The van der Waals surface area contributed by atoms with Crippen LogP contribution in [0, 0.1) is 0 Å². The SMILES string of the molecule is O=S(=O)(NN=C1CCN(Cc2ccccc2)CC1)c1ccc(Cl)cc1. The number of benzene rings is 2. The molecule has 0 unspecified atom stereocenters. The number of sulfonamides is 1. The van der Waals surface area contributed by atoms with Crippen molar-refractivity contribution < 1.29 is 8.42 Å². The van der Waals surface area contributed by atoms with E-state index in [2.05, 4.69) is 27.0 Å². The summed E-state index contributed by atoms with van der Waals surface area (Å²) in [5.41, 5.74) is 2.16. The van der Waals surface area contributed by atoms with E-state index in [0.717, 1.165) is 38.2 Å². The summed E-state index contributed by atoms with van der Waals surface area (Å²) >= 11 is 5.78. The Morgan fingerprint density at radius 3 is 2.28 bits per heavy atom. The summed E-state index contributed by atoms with van der Waals surface area (Å²) < 4.78 is 24.4. The van der Waals surface area contributed by atoms with Crippen LogP contribution in [0.15, 0.2) is 64.6 Å². The molecular formula is C18H20ClN3O2S. The lowest BCUT2D eigenvalue weighted by Crippen LogP contribution is -2.34. The van der Waals surface area contributed by atoms with Gasteiger partial charge in [0.25, 0.3) is 10.0 Å². The first-order valence-electron chi connectivity index (χ1n) is 8.12. The van der Waals surface area contributed by atoms with Crippen LogP contribution < -0.4 is 4.83 Å². The highest BCUT2D eigenvalue weighted by Crippen LogP contribution is 2.15. The van der Waals surface area contributed by atoms with Crippen molar-refractivity contribution in [3.63, 3.8) is 0 Å². The van der Waals surface area contributed by atoms with Crippen LogP contribution in [0.2, 0.25) is 5.02 Å². The van der Waals surface area contributed by atoms with E-state index in [1.54, 1.807) is 12.1 Å². The molecule has 2 aromatic rings. The Hall–Kier alpha value is -1.89. The number of nitrogens with one attached hydrogen (secondary N) is 1. The number of nitrogens with zero attached hydrogens (tertiary/aromatic N) is 2. The molecule has 0 aliphatic carbocycles. The van der Waals surface area contributed by atoms with Gasteiger partial charge in [0.15, 0.2) is 0 Å². The number of halogens is 1. The van der Waals surface area contributed by atoms with Gasteiger partial charge in [-0.25, -0.2) is 4.83 Å². The van der Waals surface area contributed by atoms with Gasteiger partial charge in [-0.2, -0.15) is 13.5 Å². The molecule has 25 heavy (non-hydrogen) atoms. The minimum Gasteiger partial charge on any atom is -0.298 e. The maximum Gasteiger partial charge on any atom is 0.276 e. The molecule has 0 amide bonds. The third-order valence-electron chi connectivity index (χ3n) is 4.13. The maximum absolute atomic E-state index is 12.2. The molecule has 2 aromatic carbocycles. The van der Waals surface area contributed by atoms with Gasteiger partial charge in [-0.3, -0.25) is 4.90 Å². The van der Waals surface area contributed by atoms with Crippen molar-refractivity contribution in [3.8, 4) is 0 Å². The second kappa shape index (κ2) is 7.99. The summed E-state index contributed by atoms with van der Waals surface area (Å²) in [6.45, 7) is 2.65. The number of hydrogen-bond acceptors (Lipinski definition) is 4. The molecule has 0 radical (unpaired) electrons. The molecule has 0 spiro atoms. The maximum atomic E-state index is 12.2. The molecule has 1 saturated heterocycles. The Labute approximate surface area is 153 Å². The van der Waals surface area contributed by atoms with Gasteiger partial charge in [0.2, 0.25) is 0 Å². The summed E-state index contributed by atoms with van der Waals surface area (Å²) in [4.78, 5) is 4.83. The van der Waals surface area contributed by atoms with Crippen LogP contribution in [-0.4, -0.2) is 32.1 Å². The first-order chi connectivity index (χ1) is 12.0. The fraction of sp³-hybridized carbons (Fsp3) is 0.278. The molecule has 1 N–H and O–H groups in total. The Bertz CT molecular complexity index is 826. The second-order valence-electron chi connectivity index (χ2n) is 5.99. The van der Waals surface area contributed by atoms with Crippen molar-refractivity contribution in [1.82, 2.24) is 9.73 Å². The summed E-state index contributed by atoms with van der Waals surface area (Å²) in [6.07, 6.45) is 1.52. The van der Waals surface area contributed by atoms with E-state index in [0.29, 0.717) is 5.02 Å². The zero-order chi connectivity index (χ0) is 17.7. The van der Waals surface area contributed by atoms with Gasteiger partial charge in [-0.05, 0) is 29.8 Å². The van der Waals surface area contributed by atoms with Crippen LogP contribution in [0.1, 0.15) is 18.4 Å². The minimum absolute atomic E-state index is 0.155. The Morgan fingerprint density at radius 2 is 1.64 bits per heavy atom. The lowest BCUT2D eigenvalue weighted by Gasteiger charge is -2.27. The fourth-order valence-corrected chi connectivity index (χ4v) is 3.69. The Kier molecular flexibility index (Phi) is 5.73. The molecule has 3 rings (SSSR count). The van der Waals surface area contributed by atoms with E-state index in [9.17, 15) is 8.42 Å². The molecule has 1 aliphatic rings. The van der Waals surface area contributed by atoms with Crippen LogP contribution in [0.4, 0.5) is 0 Å². The second-order valence-corrected chi connectivity index (χ2v) is 8.09. The molecule has 0 atom stereocenters. The van der Waals surface area contributed by atoms with E-state index in [-0.39, 0.29) is 4.90 Å². The molecule has 1 heterocycles. The van der Waals surface area contributed by atoms with Gasteiger partial charge in [0.1, 0.15) is 0 Å². The highest BCUT2D eigenvalue weighted by Gasteiger charge is 2.17. The molecule has 1 fully saturated rings. The third-order valence-corrected chi connectivity index (χ3v) is 5.61.